The van der Waals surface area contributed by atoms with Crippen LogP contribution in [0.4, 0.5) is 0 Å². The number of carbonyl (C=O) groups excluding carboxylic acids is 2. The summed E-state index contributed by atoms with van der Waals surface area (Å²) < 4.78 is 4.47. The van der Waals surface area contributed by atoms with Gasteiger partial charge in [-0.25, -0.2) is 0 Å². The first-order valence-electron chi connectivity index (χ1n) is 4.32. The van der Waals surface area contributed by atoms with Crippen LogP contribution < -0.4 is 0 Å². The molecular weight excluding hydrogens is 245 g/mol. The Bertz CT molecular complexity index is 225. The van der Waals surface area contributed by atoms with E-state index in [1.165, 1.54) is 4.90 Å². The molecule has 1 unspecified atom stereocenters. The summed E-state index contributed by atoms with van der Waals surface area (Å²) in [6, 6.07) is 0. The molecule has 88 valence electrons. The number of amides is 1. The second-order valence-corrected chi connectivity index (χ2v) is 3.18. The standard InChI is InChI=1S/C8H13Cl2NO4/c1-2-11(6(12)3-9)5-8(14)15-7(13)4-10/h8,14H,2-5H2,1H3. The van der Waals surface area contributed by atoms with Gasteiger partial charge in [0.25, 0.3) is 0 Å². The molecule has 0 radical (unpaired) electrons. The number of rotatable bonds is 6. The van der Waals surface area contributed by atoms with Crippen LogP contribution in [0, 0.1) is 0 Å². The summed E-state index contributed by atoms with van der Waals surface area (Å²) in [5, 5.41) is 9.26. The van der Waals surface area contributed by atoms with Gasteiger partial charge in [-0.1, -0.05) is 0 Å². The SMILES string of the molecule is CCN(CC(O)OC(=O)CCl)C(=O)CCl. The molecule has 1 amide bonds. The lowest BCUT2D eigenvalue weighted by Gasteiger charge is -2.22. The van der Waals surface area contributed by atoms with Gasteiger partial charge < -0.3 is 14.7 Å². The van der Waals surface area contributed by atoms with Crippen LogP contribution >= 0.6 is 23.2 Å². The quantitative estimate of drug-likeness (QED) is 0.419. The fourth-order valence-electron chi connectivity index (χ4n) is 0.901. The Hall–Kier alpha value is -0.520. The maximum atomic E-state index is 11.2. The molecule has 0 fully saturated rings. The van der Waals surface area contributed by atoms with Crippen molar-refractivity contribution in [3.05, 3.63) is 0 Å². The Labute approximate surface area is 97.9 Å². The highest BCUT2D eigenvalue weighted by Gasteiger charge is 2.17. The Morgan fingerprint density at radius 1 is 1.40 bits per heavy atom. The molecule has 0 aromatic heterocycles. The van der Waals surface area contributed by atoms with E-state index in [9.17, 15) is 14.7 Å². The normalized spacial score (nSPS) is 12.0. The van der Waals surface area contributed by atoms with E-state index in [1.807, 2.05) is 0 Å². The van der Waals surface area contributed by atoms with Crippen LogP contribution in [0.25, 0.3) is 0 Å². The molecule has 0 aliphatic heterocycles. The number of halogens is 2. The average Bonchev–Trinajstić information content (AvgIpc) is 2.24. The van der Waals surface area contributed by atoms with Crippen LogP contribution in [0.3, 0.4) is 0 Å². The summed E-state index contributed by atoms with van der Waals surface area (Å²) in [4.78, 5) is 23.1. The number of likely N-dealkylation sites (N-methyl/N-ethyl adjacent to an activating group) is 1. The Balaban J connectivity index is 4.06. The van der Waals surface area contributed by atoms with Crippen LogP contribution in [0.15, 0.2) is 0 Å². The number of ether oxygens (including phenoxy) is 1. The number of nitrogens with zero attached hydrogens (tertiary/aromatic N) is 1. The lowest BCUT2D eigenvalue weighted by atomic mass is 10.4. The molecule has 0 spiro atoms. The highest BCUT2D eigenvalue weighted by Crippen LogP contribution is 1.98. The van der Waals surface area contributed by atoms with Gasteiger partial charge in [-0.15, -0.1) is 23.2 Å². The van der Waals surface area contributed by atoms with Crippen molar-refractivity contribution in [1.29, 1.82) is 0 Å². The molecule has 15 heavy (non-hydrogen) atoms. The van der Waals surface area contributed by atoms with Gasteiger partial charge in [-0.2, -0.15) is 0 Å². The summed E-state index contributed by atoms with van der Waals surface area (Å²) in [6.45, 7) is 1.99. The monoisotopic (exact) mass is 257 g/mol. The fourth-order valence-corrected chi connectivity index (χ4v) is 1.13. The summed E-state index contributed by atoms with van der Waals surface area (Å²) in [5.74, 6) is -1.59. The zero-order valence-corrected chi connectivity index (χ0v) is 9.79. The van der Waals surface area contributed by atoms with Crippen LogP contribution in [-0.2, 0) is 14.3 Å². The third kappa shape index (κ3) is 5.81. The van der Waals surface area contributed by atoms with E-state index in [1.54, 1.807) is 6.92 Å². The van der Waals surface area contributed by atoms with E-state index >= 15 is 0 Å². The van der Waals surface area contributed by atoms with Crippen molar-refractivity contribution in [1.82, 2.24) is 4.90 Å². The summed E-state index contributed by atoms with van der Waals surface area (Å²) >= 11 is 10.5. The van der Waals surface area contributed by atoms with Crippen LogP contribution in [0.1, 0.15) is 6.92 Å². The molecule has 1 N–H and O–H groups in total. The second-order valence-electron chi connectivity index (χ2n) is 2.64. The van der Waals surface area contributed by atoms with Gasteiger partial charge in [0.15, 0.2) is 0 Å². The first-order valence-corrected chi connectivity index (χ1v) is 5.39. The molecule has 0 aromatic rings. The van der Waals surface area contributed by atoms with E-state index < -0.39 is 12.3 Å². The van der Waals surface area contributed by atoms with Crippen molar-refractivity contribution in [3.63, 3.8) is 0 Å². The molecule has 7 heteroatoms. The number of carbonyl (C=O) groups is 2. The van der Waals surface area contributed by atoms with Crippen molar-refractivity contribution in [2.24, 2.45) is 0 Å². The van der Waals surface area contributed by atoms with Crippen molar-refractivity contribution in [3.8, 4) is 0 Å². The third-order valence-corrected chi connectivity index (χ3v) is 2.05. The molecule has 0 heterocycles. The van der Waals surface area contributed by atoms with Gasteiger partial charge in [-0.05, 0) is 6.92 Å². The molecule has 0 aliphatic carbocycles. The zero-order valence-electron chi connectivity index (χ0n) is 8.28. The predicted octanol–water partition coefficient (Wildman–Crippen LogP) is 0.174. The average molecular weight is 258 g/mol. The first-order chi connectivity index (χ1) is 7.04. The first kappa shape index (κ1) is 14.5. The molecule has 0 saturated heterocycles. The van der Waals surface area contributed by atoms with Crippen LogP contribution in [0.2, 0.25) is 0 Å². The van der Waals surface area contributed by atoms with E-state index in [4.69, 9.17) is 23.2 Å². The molecule has 0 aliphatic rings. The highest BCUT2D eigenvalue weighted by atomic mass is 35.5. The minimum Gasteiger partial charge on any atom is -0.433 e. The number of aliphatic hydroxyl groups excluding tert-OH is 1. The van der Waals surface area contributed by atoms with Gasteiger partial charge in [0.05, 0.1) is 6.54 Å². The smallest absolute Gasteiger partial charge is 0.323 e. The topological polar surface area (TPSA) is 66.8 Å². The van der Waals surface area contributed by atoms with Gasteiger partial charge in [0, 0.05) is 6.54 Å². The lowest BCUT2D eigenvalue weighted by Crippen LogP contribution is -2.39. The summed E-state index contributed by atoms with van der Waals surface area (Å²) in [6.07, 6.45) is -1.37. The number of hydrogen-bond acceptors (Lipinski definition) is 4. The minimum absolute atomic E-state index is 0.106. The Kier molecular flexibility index (Phi) is 7.46. The zero-order chi connectivity index (χ0) is 11.8. The van der Waals surface area contributed by atoms with E-state index in [0.29, 0.717) is 6.54 Å². The lowest BCUT2D eigenvalue weighted by molar-refractivity contribution is -0.169. The Morgan fingerprint density at radius 3 is 2.40 bits per heavy atom. The van der Waals surface area contributed by atoms with Crippen molar-refractivity contribution >= 4 is 35.1 Å². The van der Waals surface area contributed by atoms with Gasteiger partial charge in [0.1, 0.15) is 11.8 Å². The summed E-state index contributed by atoms with van der Waals surface area (Å²) in [5.41, 5.74) is 0. The maximum Gasteiger partial charge on any atom is 0.323 e. The van der Waals surface area contributed by atoms with E-state index in [-0.39, 0.29) is 24.2 Å². The number of alkyl halides is 2. The predicted molar refractivity (Wildman–Crippen MR) is 55.8 cm³/mol. The van der Waals surface area contributed by atoms with Gasteiger partial charge in [0.2, 0.25) is 12.2 Å². The molecule has 0 bridgehead atoms. The molecule has 1 atom stereocenters. The number of esters is 1. The van der Waals surface area contributed by atoms with E-state index in [2.05, 4.69) is 4.74 Å². The van der Waals surface area contributed by atoms with Crippen LogP contribution in [0.5, 0.6) is 0 Å². The molecule has 0 saturated carbocycles. The van der Waals surface area contributed by atoms with Crippen molar-refractivity contribution in [2.45, 2.75) is 13.2 Å². The molecule has 5 nitrogen and oxygen atoms in total. The molecular formula is C8H13Cl2NO4. The molecule has 0 rings (SSSR count). The van der Waals surface area contributed by atoms with Crippen molar-refractivity contribution < 1.29 is 19.4 Å². The molecule has 0 aromatic carbocycles. The maximum absolute atomic E-state index is 11.2. The number of aliphatic hydroxyl groups is 1. The number of hydrogen-bond donors (Lipinski definition) is 1. The Morgan fingerprint density at radius 2 is 2.00 bits per heavy atom. The highest BCUT2D eigenvalue weighted by molar-refractivity contribution is 6.27. The van der Waals surface area contributed by atoms with Gasteiger partial charge >= 0.3 is 5.97 Å². The largest absolute Gasteiger partial charge is 0.433 e. The minimum atomic E-state index is -1.37. The third-order valence-electron chi connectivity index (χ3n) is 1.60. The van der Waals surface area contributed by atoms with E-state index in [0.717, 1.165) is 0 Å². The second kappa shape index (κ2) is 7.73. The fraction of sp³-hybridized carbons (Fsp3) is 0.750. The van der Waals surface area contributed by atoms with Gasteiger partial charge in [-0.3, -0.25) is 9.59 Å². The van der Waals surface area contributed by atoms with Crippen LogP contribution in [-0.4, -0.2) is 53.0 Å². The van der Waals surface area contributed by atoms with Crippen molar-refractivity contribution in [2.75, 3.05) is 24.8 Å². The summed E-state index contributed by atoms with van der Waals surface area (Å²) in [7, 11) is 0.